The molecule has 3 amide bonds. The van der Waals surface area contributed by atoms with E-state index in [-0.39, 0.29) is 25.0 Å². The van der Waals surface area contributed by atoms with Gasteiger partial charge in [-0.15, -0.1) is 0 Å². The molecular formula is C24H27N3O6. The van der Waals surface area contributed by atoms with E-state index in [2.05, 4.69) is 10.6 Å². The normalized spacial score (nSPS) is 22.2. The van der Waals surface area contributed by atoms with Crippen LogP contribution in [0.3, 0.4) is 0 Å². The molecule has 0 saturated carbocycles. The topological polar surface area (TPSA) is 117 Å². The highest BCUT2D eigenvalue weighted by Gasteiger charge is 2.39. The van der Waals surface area contributed by atoms with Crippen molar-refractivity contribution in [1.29, 1.82) is 0 Å². The third-order valence-corrected chi connectivity index (χ3v) is 5.98. The van der Waals surface area contributed by atoms with Gasteiger partial charge < -0.3 is 30.1 Å². The molecule has 4 rings (SSSR count). The third-order valence-electron chi connectivity index (χ3n) is 5.98. The maximum Gasteiger partial charge on any atom is 0.323 e. The number of benzene rings is 2. The second kappa shape index (κ2) is 9.50. The van der Waals surface area contributed by atoms with E-state index in [9.17, 15) is 14.4 Å². The van der Waals surface area contributed by atoms with Crippen LogP contribution in [0.2, 0.25) is 0 Å². The number of carboxylic acid groups (broad SMARTS) is 1. The monoisotopic (exact) mass is 453 g/mol. The number of ether oxygens (including phenoxy) is 2. The van der Waals surface area contributed by atoms with Gasteiger partial charge in [0.05, 0.1) is 24.1 Å². The molecule has 2 aliphatic rings. The third kappa shape index (κ3) is 5.25. The second-order valence-corrected chi connectivity index (χ2v) is 8.42. The van der Waals surface area contributed by atoms with E-state index < -0.39 is 24.2 Å². The standard InChI is InChI=1S/C24H27N3O6/c1-14-3-5-15(6-4-14)25-24(31)26-16-7-10-20-18(11-16)23(30)27(2)19-9-8-17(12-22(28)29)33-21(19)13-32-20/h3-7,10-11,17,19,21H,8-9,12-13H2,1-2H3,(H,28,29)(H2,25,26,31)/t17-,19-,21-/m0/s1. The van der Waals surface area contributed by atoms with Gasteiger partial charge in [-0.25, -0.2) is 4.79 Å². The average Bonchev–Trinajstić information content (AvgIpc) is 2.78. The Kier molecular flexibility index (Phi) is 6.50. The molecule has 0 unspecified atom stereocenters. The van der Waals surface area contributed by atoms with Gasteiger partial charge in [0.1, 0.15) is 18.5 Å². The van der Waals surface area contributed by atoms with Crippen LogP contribution in [0.5, 0.6) is 5.75 Å². The number of aliphatic carboxylic acids is 1. The molecule has 2 aromatic carbocycles. The molecule has 9 nitrogen and oxygen atoms in total. The molecule has 0 aliphatic carbocycles. The largest absolute Gasteiger partial charge is 0.490 e. The Morgan fingerprint density at radius 2 is 1.79 bits per heavy atom. The lowest BCUT2D eigenvalue weighted by Gasteiger charge is -2.42. The molecule has 1 fully saturated rings. The first-order valence-corrected chi connectivity index (χ1v) is 10.9. The fourth-order valence-electron chi connectivity index (χ4n) is 4.23. The number of likely N-dealkylation sites (N-methyl/N-ethyl adjacent to an activating group) is 1. The van der Waals surface area contributed by atoms with Gasteiger partial charge in [-0.2, -0.15) is 0 Å². The zero-order chi connectivity index (χ0) is 23.5. The first-order chi connectivity index (χ1) is 15.8. The average molecular weight is 453 g/mol. The summed E-state index contributed by atoms with van der Waals surface area (Å²) in [6.45, 7) is 2.17. The van der Waals surface area contributed by atoms with Crippen LogP contribution in [0.15, 0.2) is 42.5 Å². The number of nitrogens with zero attached hydrogens (tertiary/aromatic N) is 1. The first-order valence-electron chi connectivity index (χ1n) is 10.9. The first kappa shape index (κ1) is 22.6. The van der Waals surface area contributed by atoms with Gasteiger partial charge in [-0.05, 0) is 50.1 Å². The number of fused-ring (bicyclic) bond motifs is 2. The van der Waals surface area contributed by atoms with Crippen molar-refractivity contribution in [3.8, 4) is 5.75 Å². The minimum Gasteiger partial charge on any atom is -0.490 e. The van der Waals surface area contributed by atoms with Crippen molar-refractivity contribution in [3.63, 3.8) is 0 Å². The van der Waals surface area contributed by atoms with Crippen molar-refractivity contribution in [2.24, 2.45) is 0 Å². The highest BCUT2D eigenvalue weighted by atomic mass is 16.5. The van der Waals surface area contributed by atoms with Crippen molar-refractivity contribution in [3.05, 3.63) is 53.6 Å². The molecule has 33 heavy (non-hydrogen) atoms. The van der Waals surface area contributed by atoms with Crippen molar-refractivity contribution in [2.45, 2.75) is 44.4 Å². The van der Waals surface area contributed by atoms with E-state index in [4.69, 9.17) is 14.6 Å². The molecular weight excluding hydrogens is 426 g/mol. The van der Waals surface area contributed by atoms with Crippen LogP contribution >= 0.6 is 0 Å². The fraction of sp³-hybridized carbons (Fsp3) is 0.375. The minimum absolute atomic E-state index is 0.0723. The SMILES string of the molecule is Cc1ccc(NC(=O)Nc2ccc3c(c2)C(=O)N(C)[C@H]2CC[C@@H](CC(=O)O)O[C@H]2CO3)cc1. The Bertz CT molecular complexity index is 1050. The number of carboxylic acids is 1. The zero-order valence-electron chi connectivity index (χ0n) is 18.5. The number of hydrogen-bond acceptors (Lipinski definition) is 5. The van der Waals surface area contributed by atoms with Crippen molar-refractivity contribution >= 4 is 29.3 Å². The maximum absolute atomic E-state index is 13.2. The Morgan fingerprint density at radius 3 is 2.52 bits per heavy atom. The lowest BCUT2D eigenvalue weighted by molar-refractivity contribution is -0.148. The van der Waals surface area contributed by atoms with Crippen LogP contribution in [0.4, 0.5) is 16.2 Å². The molecule has 0 aromatic heterocycles. The van der Waals surface area contributed by atoms with Crippen LogP contribution in [0.1, 0.15) is 35.2 Å². The number of anilines is 2. The molecule has 2 aromatic rings. The van der Waals surface area contributed by atoms with Gasteiger partial charge >= 0.3 is 12.0 Å². The highest BCUT2D eigenvalue weighted by Crippen LogP contribution is 2.32. The number of amides is 3. The fourth-order valence-corrected chi connectivity index (χ4v) is 4.23. The number of carbonyl (C=O) groups is 3. The van der Waals surface area contributed by atoms with Gasteiger partial charge in [-0.1, -0.05) is 17.7 Å². The van der Waals surface area contributed by atoms with E-state index in [1.807, 2.05) is 31.2 Å². The van der Waals surface area contributed by atoms with Crippen LogP contribution < -0.4 is 15.4 Å². The summed E-state index contributed by atoms with van der Waals surface area (Å²) in [6, 6.07) is 11.7. The lowest BCUT2D eigenvalue weighted by atomic mass is 9.94. The molecule has 2 aliphatic heterocycles. The second-order valence-electron chi connectivity index (χ2n) is 8.42. The Balaban J connectivity index is 1.48. The Hall–Kier alpha value is -3.59. The molecule has 0 spiro atoms. The summed E-state index contributed by atoms with van der Waals surface area (Å²) in [5, 5.41) is 14.6. The van der Waals surface area contributed by atoms with Crippen LogP contribution in [0.25, 0.3) is 0 Å². The predicted molar refractivity (Wildman–Crippen MR) is 122 cm³/mol. The lowest BCUT2D eigenvalue weighted by Crippen LogP contribution is -2.53. The molecule has 0 bridgehead atoms. The van der Waals surface area contributed by atoms with E-state index in [0.29, 0.717) is 35.5 Å². The van der Waals surface area contributed by atoms with Crippen LogP contribution in [-0.2, 0) is 9.53 Å². The van der Waals surface area contributed by atoms with Crippen molar-refractivity contribution in [2.75, 3.05) is 24.3 Å². The Labute approximate surface area is 191 Å². The Morgan fingerprint density at radius 1 is 1.09 bits per heavy atom. The quantitative estimate of drug-likeness (QED) is 0.652. The minimum atomic E-state index is -0.911. The number of carbonyl (C=O) groups excluding carboxylic acids is 2. The van der Waals surface area contributed by atoms with Gasteiger partial charge in [0.25, 0.3) is 5.91 Å². The van der Waals surface area contributed by atoms with Gasteiger partial charge in [0, 0.05) is 18.4 Å². The summed E-state index contributed by atoms with van der Waals surface area (Å²) >= 11 is 0. The summed E-state index contributed by atoms with van der Waals surface area (Å²) < 4.78 is 11.8. The predicted octanol–water partition coefficient (Wildman–Crippen LogP) is 3.49. The van der Waals surface area contributed by atoms with E-state index in [0.717, 1.165) is 5.56 Å². The summed E-state index contributed by atoms with van der Waals surface area (Å²) in [6.07, 6.45) is 0.299. The molecule has 2 heterocycles. The summed E-state index contributed by atoms with van der Waals surface area (Å²) in [4.78, 5) is 38.3. The maximum atomic E-state index is 13.2. The van der Waals surface area contributed by atoms with Crippen molar-refractivity contribution < 1.29 is 29.0 Å². The molecule has 174 valence electrons. The number of rotatable bonds is 4. The molecule has 0 radical (unpaired) electrons. The molecule has 3 atom stereocenters. The highest BCUT2D eigenvalue weighted by molar-refractivity contribution is 6.02. The number of aryl methyl sites for hydroxylation is 1. The van der Waals surface area contributed by atoms with Gasteiger partial charge in [-0.3, -0.25) is 9.59 Å². The van der Waals surface area contributed by atoms with Gasteiger partial charge in [0.2, 0.25) is 0 Å². The smallest absolute Gasteiger partial charge is 0.323 e. The van der Waals surface area contributed by atoms with E-state index >= 15 is 0 Å². The molecule has 3 N–H and O–H groups in total. The van der Waals surface area contributed by atoms with Crippen molar-refractivity contribution in [1.82, 2.24) is 4.90 Å². The van der Waals surface area contributed by atoms with E-state index in [1.165, 1.54) is 0 Å². The summed E-state index contributed by atoms with van der Waals surface area (Å²) in [7, 11) is 1.71. The number of nitrogens with one attached hydrogen (secondary N) is 2. The van der Waals surface area contributed by atoms with Crippen LogP contribution in [-0.4, -0.2) is 59.8 Å². The van der Waals surface area contributed by atoms with E-state index in [1.54, 1.807) is 30.1 Å². The molecule has 1 saturated heterocycles. The zero-order valence-corrected chi connectivity index (χ0v) is 18.5. The summed E-state index contributed by atoms with van der Waals surface area (Å²) in [5.41, 5.74) is 2.56. The number of urea groups is 1. The van der Waals surface area contributed by atoms with Gasteiger partial charge in [0.15, 0.2) is 0 Å². The van der Waals surface area contributed by atoms with Crippen LogP contribution in [0, 0.1) is 6.92 Å². The summed E-state index contributed by atoms with van der Waals surface area (Å²) in [5.74, 6) is -0.771. The number of hydrogen-bond donors (Lipinski definition) is 3. The molecule has 9 heteroatoms.